The largest absolute Gasteiger partial charge is 4.00 e. The maximum absolute atomic E-state index is 4.86. The molecule has 0 N–H and O–H groups in total. The van der Waals surface area contributed by atoms with Gasteiger partial charge in [-0.25, -0.2) is 4.98 Å². The summed E-state index contributed by atoms with van der Waals surface area (Å²) < 4.78 is 6.33. The van der Waals surface area contributed by atoms with Gasteiger partial charge < -0.3 is 9.13 Å². The van der Waals surface area contributed by atoms with E-state index >= 15 is 0 Å². The molecule has 0 amide bonds. The van der Waals surface area contributed by atoms with Crippen LogP contribution in [0.5, 0.6) is 0 Å². The minimum absolute atomic E-state index is 0. The minimum atomic E-state index is 0. The van der Waals surface area contributed by atoms with E-state index in [1.807, 2.05) is 29.2 Å². The molecule has 0 unspecified atom stereocenters. The molecule has 9 rings (SSSR count). The molecule has 0 aliphatic rings. The zero-order valence-corrected chi connectivity index (χ0v) is 25.6. The number of aromatic nitrogens is 5. The first kappa shape index (κ1) is 26.4. The number of hydrogen-bond donors (Lipinski definition) is 0. The first-order chi connectivity index (χ1) is 21.3. The molecule has 44 heavy (non-hydrogen) atoms. The van der Waals surface area contributed by atoms with Crippen LogP contribution >= 0.6 is 0 Å². The average molecular weight is 745 g/mol. The summed E-state index contributed by atoms with van der Waals surface area (Å²) >= 11 is 0. The van der Waals surface area contributed by atoms with E-state index < -0.39 is 0 Å². The molecule has 5 aromatic carbocycles. The van der Waals surface area contributed by atoms with Gasteiger partial charge in [0.25, 0.3) is 0 Å². The summed E-state index contributed by atoms with van der Waals surface area (Å²) in [7, 11) is 0. The molecule has 6 heteroatoms. The first-order valence-corrected chi connectivity index (χ1v) is 14.3. The van der Waals surface area contributed by atoms with E-state index in [0.717, 1.165) is 61.2 Å². The number of hydrogen-bond acceptors (Lipinski definition) is 2. The Morgan fingerprint density at radius 1 is 0.500 bits per heavy atom. The van der Waals surface area contributed by atoms with Gasteiger partial charge in [-0.3, -0.25) is 4.68 Å². The Morgan fingerprint density at radius 3 is 1.86 bits per heavy atom. The number of para-hydroxylation sites is 2. The van der Waals surface area contributed by atoms with Gasteiger partial charge in [0.1, 0.15) is 5.82 Å². The second-order valence-corrected chi connectivity index (χ2v) is 10.6. The molecule has 5 nitrogen and oxygen atoms in total. The molecule has 0 aliphatic carbocycles. The standard InChI is InChI=1S/C38H23N5.Pt/c1-2-9-26(10-3-1)27-19-21-39-38(23-27)43-35-14-7-5-12-31(35)33-18-16-29(25-37(33)43)42-34-13-6-4-11-30(34)32-17-15-28(24-36(32)42)41-22-8-20-40-41;/h1-23H;/q-2;+4. The fourth-order valence-corrected chi connectivity index (χ4v) is 6.28. The van der Waals surface area contributed by atoms with Crippen LogP contribution in [0.25, 0.3) is 71.9 Å². The monoisotopic (exact) mass is 744 g/mol. The molecule has 0 bridgehead atoms. The Labute approximate surface area is 267 Å². The van der Waals surface area contributed by atoms with Gasteiger partial charge in [-0.15, -0.1) is 35.0 Å². The summed E-state index contributed by atoms with van der Waals surface area (Å²) in [5.41, 5.74) is 8.27. The number of fused-ring (bicyclic) bond motifs is 6. The number of benzene rings is 5. The van der Waals surface area contributed by atoms with Crippen LogP contribution in [0.15, 0.2) is 140 Å². The number of rotatable bonds is 4. The van der Waals surface area contributed by atoms with E-state index in [2.05, 4.69) is 136 Å². The normalized spacial score (nSPS) is 11.5. The predicted molar refractivity (Wildman–Crippen MR) is 173 cm³/mol. The summed E-state index contributed by atoms with van der Waals surface area (Å²) in [5, 5.41) is 9.06. The molecule has 0 spiro atoms. The fraction of sp³-hybridized carbons (Fsp3) is 0. The molecular weight excluding hydrogens is 722 g/mol. The number of pyridine rings is 1. The molecular formula is C38H23N5Pt+2. The zero-order valence-electron chi connectivity index (χ0n) is 23.3. The zero-order chi connectivity index (χ0) is 28.3. The van der Waals surface area contributed by atoms with Gasteiger partial charge in [0.15, 0.2) is 0 Å². The van der Waals surface area contributed by atoms with Crippen LogP contribution in [-0.2, 0) is 21.1 Å². The summed E-state index contributed by atoms with van der Waals surface area (Å²) in [4.78, 5) is 4.86. The van der Waals surface area contributed by atoms with Crippen molar-refractivity contribution in [3.05, 3.63) is 152 Å². The molecule has 0 fully saturated rings. The van der Waals surface area contributed by atoms with Crippen LogP contribution in [0.1, 0.15) is 0 Å². The quantitative estimate of drug-likeness (QED) is 0.169. The van der Waals surface area contributed by atoms with Crippen LogP contribution in [0, 0.1) is 12.1 Å². The van der Waals surface area contributed by atoms with Crippen LogP contribution in [0.4, 0.5) is 0 Å². The topological polar surface area (TPSA) is 40.6 Å². The molecule has 4 aromatic heterocycles. The molecule has 0 radical (unpaired) electrons. The van der Waals surface area contributed by atoms with Crippen LogP contribution in [-0.4, -0.2) is 23.9 Å². The predicted octanol–water partition coefficient (Wildman–Crippen LogP) is 8.73. The van der Waals surface area contributed by atoms with E-state index in [0.29, 0.717) is 0 Å². The van der Waals surface area contributed by atoms with E-state index in [1.165, 1.54) is 10.8 Å². The maximum atomic E-state index is 4.86. The van der Waals surface area contributed by atoms with Crippen molar-refractivity contribution in [1.29, 1.82) is 0 Å². The third-order valence-electron chi connectivity index (χ3n) is 8.21. The van der Waals surface area contributed by atoms with Gasteiger partial charge in [0.05, 0.1) is 0 Å². The molecule has 0 atom stereocenters. The SMILES string of the molecule is [Pt+4].[c-]1c(-n2cccn2)ccc2c3ccccc3n(-c3[c-]c4c(cc3)c3ccccc3n4-c3cc(-c4ccccc4)ccn3)c12. The van der Waals surface area contributed by atoms with Crippen molar-refractivity contribution >= 4 is 43.6 Å². The first-order valence-electron chi connectivity index (χ1n) is 14.3. The van der Waals surface area contributed by atoms with Gasteiger partial charge in [0.2, 0.25) is 0 Å². The third kappa shape index (κ3) is 4.05. The Hall–Kier alpha value is -5.25. The summed E-state index contributed by atoms with van der Waals surface area (Å²) in [6.07, 6.45) is 5.62. The van der Waals surface area contributed by atoms with Crippen molar-refractivity contribution in [3.63, 3.8) is 0 Å². The smallest absolute Gasteiger partial charge is 0.358 e. The van der Waals surface area contributed by atoms with Crippen molar-refractivity contribution in [1.82, 2.24) is 23.9 Å². The van der Waals surface area contributed by atoms with Crippen molar-refractivity contribution in [2.45, 2.75) is 0 Å². The Balaban J connectivity index is 0.00000289. The van der Waals surface area contributed by atoms with E-state index in [4.69, 9.17) is 4.98 Å². The van der Waals surface area contributed by atoms with Crippen molar-refractivity contribution < 1.29 is 21.1 Å². The van der Waals surface area contributed by atoms with Crippen molar-refractivity contribution in [2.24, 2.45) is 0 Å². The van der Waals surface area contributed by atoms with Crippen LogP contribution in [0.3, 0.4) is 0 Å². The van der Waals surface area contributed by atoms with E-state index in [1.54, 1.807) is 6.20 Å². The van der Waals surface area contributed by atoms with E-state index in [-0.39, 0.29) is 21.1 Å². The Morgan fingerprint density at radius 2 is 1.14 bits per heavy atom. The van der Waals surface area contributed by atoms with Gasteiger partial charge in [-0.2, -0.15) is 17.2 Å². The third-order valence-corrected chi connectivity index (χ3v) is 8.21. The van der Waals surface area contributed by atoms with Crippen LogP contribution in [0.2, 0.25) is 0 Å². The minimum Gasteiger partial charge on any atom is -0.358 e. The average Bonchev–Trinajstić information content (AvgIpc) is 3.80. The summed E-state index contributed by atoms with van der Waals surface area (Å²) in [6, 6.07) is 49.7. The van der Waals surface area contributed by atoms with E-state index in [9.17, 15) is 0 Å². The second-order valence-electron chi connectivity index (χ2n) is 10.6. The second kappa shape index (κ2) is 10.5. The van der Waals surface area contributed by atoms with Gasteiger partial charge in [0, 0.05) is 29.6 Å². The Bertz CT molecular complexity index is 2450. The van der Waals surface area contributed by atoms with Gasteiger partial charge in [-0.05, 0) is 57.9 Å². The molecule has 208 valence electrons. The van der Waals surface area contributed by atoms with Crippen molar-refractivity contribution in [2.75, 3.05) is 0 Å². The van der Waals surface area contributed by atoms with Crippen molar-refractivity contribution in [3.8, 4) is 28.3 Å². The molecule has 0 saturated carbocycles. The van der Waals surface area contributed by atoms with Gasteiger partial charge in [-0.1, -0.05) is 83.5 Å². The molecule has 9 aromatic rings. The number of nitrogens with zero attached hydrogens (tertiary/aromatic N) is 5. The maximum Gasteiger partial charge on any atom is 4.00 e. The fourth-order valence-electron chi connectivity index (χ4n) is 6.28. The Kier molecular flexibility index (Phi) is 6.28. The summed E-state index contributed by atoms with van der Waals surface area (Å²) in [5.74, 6) is 0.857. The molecule has 4 heterocycles. The van der Waals surface area contributed by atoms with Gasteiger partial charge >= 0.3 is 21.1 Å². The van der Waals surface area contributed by atoms with Crippen LogP contribution < -0.4 is 0 Å². The summed E-state index contributed by atoms with van der Waals surface area (Å²) in [6.45, 7) is 0. The molecule has 0 saturated heterocycles. The molecule has 0 aliphatic heterocycles.